The highest BCUT2D eigenvalue weighted by atomic mass is 32.2. The van der Waals surface area contributed by atoms with Crippen molar-refractivity contribution in [3.05, 3.63) is 109 Å². The van der Waals surface area contributed by atoms with E-state index in [4.69, 9.17) is 0 Å². The molecule has 0 bridgehead atoms. The molecule has 4 heteroatoms. The minimum absolute atomic E-state index is 0.260. The van der Waals surface area contributed by atoms with Gasteiger partial charge in [0.25, 0.3) is 10.1 Å². The third kappa shape index (κ3) is 3.91. The zero-order chi connectivity index (χ0) is 22.1. The van der Waals surface area contributed by atoms with Crippen LogP contribution in [0.1, 0.15) is 5.56 Å². The van der Waals surface area contributed by atoms with Crippen LogP contribution in [0.3, 0.4) is 0 Å². The lowest BCUT2D eigenvalue weighted by atomic mass is 9.85. The van der Waals surface area contributed by atoms with Crippen LogP contribution in [0.25, 0.3) is 43.8 Å². The first kappa shape index (κ1) is 20.4. The smallest absolute Gasteiger partial charge is 0.265 e. The first-order valence-corrected chi connectivity index (χ1v) is 12.2. The summed E-state index contributed by atoms with van der Waals surface area (Å²) in [5.41, 5.74) is 5.42. The Hall–Kier alpha value is -3.47. The SMILES string of the molecule is O=S(=O)(O)CCc1ccc2c(-c3ccccc3)c3ccccc3c(-c3ccccc3)c2c1. The van der Waals surface area contributed by atoms with E-state index >= 15 is 0 Å². The van der Waals surface area contributed by atoms with Gasteiger partial charge < -0.3 is 0 Å². The molecule has 0 aliphatic heterocycles. The van der Waals surface area contributed by atoms with Crippen molar-refractivity contribution < 1.29 is 13.0 Å². The monoisotopic (exact) mass is 438 g/mol. The molecule has 0 saturated carbocycles. The summed E-state index contributed by atoms with van der Waals surface area (Å²) in [6, 6.07) is 35.2. The second kappa shape index (κ2) is 8.23. The lowest BCUT2D eigenvalue weighted by molar-refractivity contribution is 0.482. The largest absolute Gasteiger partial charge is 0.286 e. The molecular formula is C28H22O3S. The molecule has 0 aliphatic rings. The zero-order valence-corrected chi connectivity index (χ0v) is 18.2. The standard InChI is InChI=1S/C28H22O3S/c29-32(30,31)18-17-20-15-16-25-26(19-20)28(22-11-5-2-6-12-22)24-14-8-7-13-23(24)27(25)21-9-3-1-4-10-21/h1-16,19H,17-18H2,(H,29,30,31). The normalized spacial score (nSPS) is 11.8. The Kier molecular flexibility index (Phi) is 5.25. The predicted octanol–water partition coefficient (Wildman–Crippen LogP) is 6.76. The molecule has 1 N–H and O–H groups in total. The molecule has 0 aliphatic carbocycles. The molecule has 5 aromatic carbocycles. The summed E-state index contributed by atoms with van der Waals surface area (Å²) in [6.45, 7) is 0. The van der Waals surface area contributed by atoms with Crippen LogP contribution in [-0.2, 0) is 16.5 Å². The number of benzene rings is 5. The van der Waals surface area contributed by atoms with Crippen molar-refractivity contribution in [1.82, 2.24) is 0 Å². The van der Waals surface area contributed by atoms with Crippen molar-refractivity contribution in [3.8, 4) is 22.3 Å². The van der Waals surface area contributed by atoms with E-state index in [0.29, 0.717) is 0 Å². The Morgan fingerprint density at radius 1 is 0.562 bits per heavy atom. The van der Waals surface area contributed by atoms with Crippen molar-refractivity contribution in [2.75, 3.05) is 5.75 Å². The molecule has 158 valence electrons. The lowest BCUT2D eigenvalue weighted by Crippen LogP contribution is -2.06. The molecule has 0 amide bonds. The van der Waals surface area contributed by atoms with E-state index < -0.39 is 10.1 Å². The van der Waals surface area contributed by atoms with Crippen LogP contribution in [-0.4, -0.2) is 18.7 Å². The molecule has 3 nitrogen and oxygen atoms in total. The van der Waals surface area contributed by atoms with Crippen molar-refractivity contribution in [2.24, 2.45) is 0 Å². The Morgan fingerprint density at radius 2 is 1.03 bits per heavy atom. The van der Waals surface area contributed by atoms with Crippen LogP contribution in [0.5, 0.6) is 0 Å². The molecule has 0 fully saturated rings. The summed E-state index contributed by atoms with van der Waals surface area (Å²) in [5.74, 6) is -0.293. The van der Waals surface area contributed by atoms with Gasteiger partial charge in [0.1, 0.15) is 0 Å². The highest BCUT2D eigenvalue weighted by Crippen LogP contribution is 2.43. The molecule has 5 rings (SSSR count). The summed E-state index contributed by atoms with van der Waals surface area (Å²) in [6.07, 6.45) is 0.260. The molecule has 5 aromatic rings. The summed E-state index contributed by atoms with van der Waals surface area (Å²) in [4.78, 5) is 0. The maximum Gasteiger partial charge on any atom is 0.265 e. The minimum atomic E-state index is -4.02. The Bertz CT molecular complexity index is 1520. The van der Waals surface area contributed by atoms with Crippen LogP contribution in [0.2, 0.25) is 0 Å². The van der Waals surface area contributed by atoms with Crippen LogP contribution in [0.15, 0.2) is 103 Å². The van der Waals surface area contributed by atoms with Gasteiger partial charge in [-0.3, -0.25) is 4.55 Å². The average molecular weight is 439 g/mol. The number of fused-ring (bicyclic) bond motifs is 2. The van der Waals surface area contributed by atoms with Gasteiger partial charge in [-0.1, -0.05) is 103 Å². The highest BCUT2D eigenvalue weighted by molar-refractivity contribution is 7.85. The Labute approximate surface area is 187 Å². The van der Waals surface area contributed by atoms with E-state index in [-0.39, 0.29) is 12.2 Å². The minimum Gasteiger partial charge on any atom is -0.286 e. The lowest BCUT2D eigenvalue weighted by Gasteiger charge is -2.18. The fourth-order valence-electron chi connectivity index (χ4n) is 4.46. The molecule has 0 radical (unpaired) electrons. The third-order valence-electron chi connectivity index (χ3n) is 5.86. The van der Waals surface area contributed by atoms with Gasteiger partial charge in [0.2, 0.25) is 0 Å². The van der Waals surface area contributed by atoms with Crippen LogP contribution < -0.4 is 0 Å². The summed E-state index contributed by atoms with van der Waals surface area (Å²) in [7, 11) is -4.02. The second-order valence-corrected chi connectivity index (χ2v) is 9.52. The van der Waals surface area contributed by atoms with E-state index in [2.05, 4.69) is 60.7 Å². The predicted molar refractivity (Wildman–Crippen MR) is 132 cm³/mol. The van der Waals surface area contributed by atoms with E-state index in [1.807, 2.05) is 42.5 Å². The zero-order valence-electron chi connectivity index (χ0n) is 17.4. The van der Waals surface area contributed by atoms with Gasteiger partial charge in [0, 0.05) is 0 Å². The van der Waals surface area contributed by atoms with Gasteiger partial charge >= 0.3 is 0 Å². The van der Waals surface area contributed by atoms with Crippen molar-refractivity contribution in [2.45, 2.75) is 6.42 Å². The van der Waals surface area contributed by atoms with Crippen molar-refractivity contribution >= 4 is 31.7 Å². The summed E-state index contributed by atoms with van der Waals surface area (Å²) in [5, 5.41) is 4.51. The first-order valence-electron chi connectivity index (χ1n) is 10.5. The van der Waals surface area contributed by atoms with E-state index in [9.17, 15) is 13.0 Å². The molecule has 0 spiro atoms. The van der Waals surface area contributed by atoms with Gasteiger partial charge in [-0.25, -0.2) is 0 Å². The van der Waals surface area contributed by atoms with Crippen molar-refractivity contribution in [1.29, 1.82) is 0 Å². The van der Waals surface area contributed by atoms with Crippen LogP contribution in [0.4, 0.5) is 0 Å². The third-order valence-corrected chi connectivity index (χ3v) is 6.58. The maximum atomic E-state index is 11.3. The number of rotatable bonds is 5. The molecule has 0 unspecified atom stereocenters. The molecular weight excluding hydrogens is 416 g/mol. The van der Waals surface area contributed by atoms with Gasteiger partial charge in [-0.2, -0.15) is 8.42 Å². The van der Waals surface area contributed by atoms with Gasteiger partial charge in [0.15, 0.2) is 0 Å². The van der Waals surface area contributed by atoms with Gasteiger partial charge in [-0.15, -0.1) is 0 Å². The molecule has 0 saturated heterocycles. The fraction of sp³-hybridized carbons (Fsp3) is 0.0714. The van der Waals surface area contributed by atoms with Gasteiger partial charge in [0.05, 0.1) is 5.75 Å². The first-order chi connectivity index (χ1) is 15.5. The fourth-order valence-corrected chi connectivity index (χ4v) is 4.95. The number of hydrogen-bond acceptors (Lipinski definition) is 2. The topological polar surface area (TPSA) is 54.4 Å². The highest BCUT2D eigenvalue weighted by Gasteiger charge is 2.17. The van der Waals surface area contributed by atoms with Gasteiger partial charge in [-0.05, 0) is 55.8 Å². The molecule has 0 heterocycles. The van der Waals surface area contributed by atoms with E-state index in [1.165, 1.54) is 5.39 Å². The number of aryl methyl sites for hydroxylation is 1. The quantitative estimate of drug-likeness (QED) is 0.244. The molecule has 32 heavy (non-hydrogen) atoms. The Balaban J connectivity index is 1.89. The summed E-state index contributed by atoms with van der Waals surface area (Å²) >= 11 is 0. The Morgan fingerprint density at radius 3 is 1.56 bits per heavy atom. The van der Waals surface area contributed by atoms with Crippen molar-refractivity contribution in [3.63, 3.8) is 0 Å². The number of hydrogen-bond donors (Lipinski definition) is 1. The van der Waals surface area contributed by atoms with E-state index in [1.54, 1.807) is 0 Å². The van der Waals surface area contributed by atoms with Crippen LogP contribution in [0, 0.1) is 0 Å². The second-order valence-electron chi connectivity index (χ2n) is 7.94. The molecule has 0 aromatic heterocycles. The maximum absolute atomic E-state index is 11.3. The summed E-state index contributed by atoms with van der Waals surface area (Å²) < 4.78 is 31.9. The average Bonchev–Trinajstić information content (AvgIpc) is 2.81. The van der Waals surface area contributed by atoms with E-state index in [0.717, 1.165) is 44.0 Å². The van der Waals surface area contributed by atoms with Crippen LogP contribution >= 0.6 is 0 Å². The molecule has 0 atom stereocenters.